The van der Waals surface area contributed by atoms with Gasteiger partial charge in [0.05, 0.1) is 6.54 Å². The summed E-state index contributed by atoms with van der Waals surface area (Å²) in [4.78, 5) is 16.3. The Labute approximate surface area is 107 Å². The van der Waals surface area contributed by atoms with Gasteiger partial charge in [0.1, 0.15) is 12.1 Å². The highest BCUT2D eigenvalue weighted by Crippen LogP contribution is 2.06. The number of nitrogens with zero attached hydrogens (tertiary/aromatic N) is 5. The van der Waals surface area contributed by atoms with Gasteiger partial charge in [-0.25, -0.2) is 14.1 Å². The van der Waals surface area contributed by atoms with Crippen molar-refractivity contribution in [2.45, 2.75) is 6.54 Å². The molecule has 0 spiro atoms. The Bertz CT molecular complexity index is 807. The van der Waals surface area contributed by atoms with Crippen molar-refractivity contribution in [3.05, 3.63) is 52.3 Å². The molecule has 0 bridgehead atoms. The molecule has 0 saturated carbocycles. The maximum Gasteiger partial charge on any atom is 0.283 e. The number of aromatic nitrogens is 5. The zero-order valence-electron chi connectivity index (χ0n) is 10.1. The minimum absolute atomic E-state index is 0.210. The van der Waals surface area contributed by atoms with Gasteiger partial charge in [-0.3, -0.25) is 9.36 Å². The van der Waals surface area contributed by atoms with E-state index in [9.17, 15) is 9.18 Å². The molecule has 0 aliphatic rings. The average Bonchev–Trinajstić information content (AvgIpc) is 2.76. The van der Waals surface area contributed by atoms with Crippen LogP contribution >= 0.6 is 0 Å². The summed E-state index contributed by atoms with van der Waals surface area (Å²) in [6.07, 6.45) is 1.42. The lowest BCUT2D eigenvalue weighted by Gasteiger charge is -2.04. The minimum atomic E-state index is -0.334. The molecule has 0 radical (unpaired) electrons. The van der Waals surface area contributed by atoms with Gasteiger partial charge >= 0.3 is 0 Å². The first-order valence-electron chi connectivity index (χ1n) is 5.64. The molecule has 3 rings (SSSR count). The Balaban J connectivity index is 2.06. The van der Waals surface area contributed by atoms with Crippen LogP contribution in [0.4, 0.5) is 4.39 Å². The lowest BCUT2D eigenvalue weighted by Crippen LogP contribution is -2.21. The molecule has 0 N–H and O–H groups in total. The zero-order valence-corrected chi connectivity index (χ0v) is 10.1. The van der Waals surface area contributed by atoms with Gasteiger partial charge in [-0.1, -0.05) is 17.3 Å². The van der Waals surface area contributed by atoms with Crippen LogP contribution in [-0.4, -0.2) is 24.5 Å². The minimum Gasteiger partial charge on any atom is -0.293 e. The molecule has 96 valence electrons. The SMILES string of the molecule is Cn1nnc2c(=O)n(Cc3cccc(F)c3)cnc21. The van der Waals surface area contributed by atoms with E-state index in [1.807, 2.05) is 0 Å². The second-order valence-electron chi connectivity index (χ2n) is 4.19. The molecule has 0 fully saturated rings. The van der Waals surface area contributed by atoms with E-state index in [0.717, 1.165) is 0 Å². The Hall–Kier alpha value is -2.57. The molecule has 3 aromatic rings. The number of benzene rings is 1. The quantitative estimate of drug-likeness (QED) is 0.680. The third-order valence-electron chi connectivity index (χ3n) is 2.82. The van der Waals surface area contributed by atoms with E-state index >= 15 is 0 Å². The largest absolute Gasteiger partial charge is 0.293 e. The number of hydrogen-bond donors (Lipinski definition) is 0. The number of fused-ring (bicyclic) bond motifs is 1. The number of halogens is 1. The van der Waals surface area contributed by atoms with E-state index in [4.69, 9.17) is 0 Å². The normalized spacial score (nSPS) is 11.1. The summed E-state index contributed by atoms with van der Waals surface area (Å²) in [5.74, 6) is -0.334. The maximum absolute atomic E-state index is 13.1. The topological polar surface area (TPSA) is 65.6 Å². The molecule has 0 atom stereocenters. The molecule has 2 heterocycles. The van der Waals surface area contributed by atoms with Crippen molar-refractivity contribution in [2.24, 2.45) is 7.05 Å². The summed E-state index contributed by atoms with van der Waals surface area (Å²) in [7, 11) is 1.67. The first-order valence-corrected chi connectivity index (χ1v) is 5.64. The van der Waals surface area contributed by atoms with Gasteiger partial charge in [0, 0.05) is 7.05 Å². The van der Waals surface area contributed by atoms with Gasteiger partial charge in [-0.2, -0.15) is 0 Å². The van der Waals surface area contributed by atoms with Gasteiger partial charge in [0.15, 0.2) is 11.2 Å². The van der Waals surface area contributed by atoms with E-state index < -0.39 is 0 Å². The fourth-order valence-electron chi connectivity index (χ4n) is 1.89. The highest BCUT2D eigenvalue weighted by molar-refractivity contribution is 5.67. The lowest BCUT2D eigenvalue weighted by atomic mass is 10.2. The van der Waals surface area contributed by atoms with Crippen molar-refractivity contribution < 1.29 is 4.39 Å². The van der Waals surface area contributed by atoms with E-state index in [1.54, 1.807) is 19.2 Å². The molecule has 0 aliphatic carbocycles. The third kappa shape index (κ3) is 1.99. The lowest BCUT2D eigenvalue weighted by molar-refractivity contribution is 0.622. The van der Waals surface area contributed by atoms with Crippen molar-refractivity contribution in [1.82, 2.24) is 24.5 Å². The smallest absolute Gasteiger partial charge is 0.283 e. The first-order chi connectivity index (χ1) is 9.15. The number of hydrogen-bond acceptors (Lipinski definition) is 4. The molecule has 6 nitrogen and oxygen atoms in total. The fraction of sp³-hybridized carbons (Fsp3) is 0.167. The first kappa shape index (κ1) is 11.5. The van der Waals surface area contributed by atoms with E-state index in [0.29, 0.717) is 11.2 Å². The molecule has 2 aromatic heterocycles. The van der Waals surface area contributed by atoms with E-state index in [2.05, 4.69) is 15.3 Å². The second-order valence-corrected chi connectivity index (χ2v) is 4.19. The molecule has 1 aromatic carbocycles. The molecular weight excluding hydrogens is 249 g/mol. The monoisotopic (exact) mass is 259 g/mol. The molecular formula is C12H10FN5O. The zero-order chi connectivity index (χ0) is 13.4. The Kier molecular flexibility index (Phi) is 2.59. The van der Waals surface area contributed by atoms with Gasteiger partial charge in [-0.15, -0.1) is 5.10 Å². The molecule has 0 saturated heterocycles. The van der Waals surface area contributed by atoms with Crippen LogP contribution in [-0.2, 0) is 13.6 Å². The third-order valence-corrected chi connectivity index (χ3v) is 2.82. The van der Waals surface area contributed by atoms with Crippen LogP contribution in [0.2, 0.25) is 0 Å². The predicted octanol–water partition coefficient (Wildman–Crippen LogP) is 0.712. The van der Waals surface area contributed by atoms with Crippen LogP contribution in [0.3, 0.4) is 0 Å². The highest BCUT2D eigenvalue weighted by atomic mass is 19.1. The summed E-state index contributed by atoms with van der Waals surface area (Å²) in [5, 5.41) is 7.53. The Morgan fingerprint density at radius 1 is 1.37 bits per heavy atom. The van der Waals surface area contributed by atoms with Gasteiger partial charge in [0.25, 0.3) is 5.56 Å². The maximum atomic E-state index is 13.1. The number of rotatable bonds is 2. The van der Waals surface area contributed by atoms with Crippen molar-refractivity contribution in [1.29, 1.82) is 0 Å². The summed E-state index contributed by atoms with van der Waals surface area (Å²) in [6.45, 7) is 0.246. The number of aryl methyl sites for hydroxylation is 1. The van der Waals surface area contributed by atoms with Gasteiger partial charge in [-0.05, 0) is 17.7 Å². The van der Waals surface area contributed by atoms with Crippen LogP contribution in [0.1, 0.15) is 5.56 Å². The van der Waals surface area contributed by atoms with Crippen LogP contribution in [0.15, 0.2) is 35.4 Å². The molecule has 0 unspecified atom stereocenters. The van der Waals surface area contributed by atoms with Crippen LogP contribution in [0.25, 0.3) is 11.2 Å². The van der Waals surface area contributed by atoms with Crippen LogP contribution < -0.4 is 5.56 Å². The van der Waals surface area contributed by atoms with E-state index in [-0.39, 0.29) is 23.4 Å². The molecule has 0 amide bonds. The van der Waals surface area contributed by atoms with Crippen molar-refractivity contribution in [3.63, 3.8) is 0 Å². The van der Waals surface area contributed by atoms with E-state index in [1.165, 1.54) is 27.7 Å². The predicted molar refractivity (Wildman–Crippen MR) is 66.1 cm³/mol. The second kappa shape index (κ2) is 4.27. The average molecular weight is 259 g/mol. The fourth-order valence-corrected chi connectivity index (χ4v) is 1.89. The molecule has 19 heavy (non-hydrogen) atoms. The van der Waals surface area contributed by atoms with Crippen molar-refractivity contribution in [3.8, 4) is 0 Å². The van der Waals surface area contributed by atoms with Crippen molar-refractivity contribution in [2.75, 3.05) is 0 Å². The summed E-state index contributed by atoms with van der Waals surface area (Å²) in [6, 6.07) is 6.09. The van der Waals surface area contributed by atoms with Gasteiger partial charge in [0.2, 0.25) is 0 Å². The standard InChI is InChI=1S/C12H10FN5O/c1-17-11-10(15-16-17)12(19)18(7-14-11)6-8-3-2-4-9(13)5-8/h2-5,7H,6H2,1H3. The van der Waals surface area contributed by atoms with Crippen molar-refractivity contribution >= 4 is 11.2 Å². The Morgan fingerprint density at radius 2 is 2.21 bits per heavy atom. The Morgan fingerprint density at radius 3 is 3.00 bits per heavy atom. The van der Waals surface area contributed by atoms with Crippen LogP contribution in [0, 0.1) is 5.82 Å². The highest BCUT2D eigenvalue weighted by Gasteiger charge is 2.10. The summed E-state index contributed by atoms with van der Waals surface area (Å²) in [5.41, 5.74) is 1.04. The van der Waals surface area contributed by atoms with Crippen LogP contribution in [0.5, 0.6) is 0 Å². The molecule has 7 heteroatoms. The summed E-state index contributed by atoms with van der Waals surface area (Å²) >= 11 is 0. The molecule has 0 aliphatic heterocycles. The summed E-state index contributed by atoms with van der Waals surface area (Å²) < 4.78 is 15.9. The van der Waals surface area contributed by atoms with Gasteiger partial charge < -0.3 is 0 Å².